The molecule has 0 aromatic carbocycles. The maximum Gasteiger partial charge on any atom is 0.0706 e. The van der Waals surface area contributed by atoms with E-state index in [9.17, 15) is 0 Å². The predicted octanol–water partition coefficient (Wildman–Crippen LogP) is 2.33. The van der Waals surface area contributed by atoms with Gasteiger partial charge in [0.2, 0.25) is 0 Å². The Kier molecular flexibility index (Phi) is 3.25. The molecule has 3 heterocycles. The molecule has 0 saturated carbocycles. The molecule has 0 aliphatic rings. The minimum atomic E-state index is 0.807. The number of hydrogen-bond acceptors (Lipinski definition) is 3. The molecule has 19 heavy (non-hydrogen) atoms. The molecule has 0 fully saturated rings. The molecule has 0 amide bonds. The SMILES string of the molecule is Cc1ccc(CNCc2cnn3ccccc23)cn1. The smallest absolute Gasteiger partial charge is 0.0706 e. The van der Waals surface area contributed by atoms with Gasteiger partial charge in [-0.2, -0.15) is 5.10 Å². The van der Waals surface area contributed by atoms with Gasteiger partial charge in [-0.15, -0.1) is 0 Å². The summed E-state index contributed by atoms with van der Waals surface area (Å²) < 4.78 is 1.89. The summed E-state index contributed by atoms with van der Waals surface area (Å²) in [5.41, 5.74) is 4.60. The summed E-state index contributed by atoms with van der Waals surface area (Å²) >= 11 is 0. The summed E-state index contributed by atoms with van der Waals surface area (Å²) in [6.45, 7) is 3.62. The molecule has 0 atom stereocenters. The molecule has 1 N–H and O–H groups in total. The second kappa shape index (κ2) is 5.20. The maximum absolute atomic E-state index is 4.32. The molecule has 0 spiro atoms. The van der Waals surface area contributed by atoms with Crippen molar-refractivity contribution in [3.8, 4) is 0 Å². The fourth-order valence-corrected chi connectivity index (χ4v) is 2.07. The van der Waals surface area contributed by atoms with Crippen molar-refractivity contribution in [1.29, 1.82) is 0 Å². The van der Waals surface area contributed by atoms with Crippen molar-refractivity contribution in [3.63, 3.8) is 0 Å². The first kappa shape index (κ1) is 11.9. The molecule has 3 aromatic rings. The number of nitrogens with one attached hydrogen (secondary N) is 1. The van der Waals surface area contributed by atoms with Crippen LogP contribution in [-0.2, 0) is 13.1 Å². The van der Waals surface area contributed by atoms with Crippen LogP contribution in [0.1, 0.15) is 16.8 Å². The maximum atomic E-state index is 4.32. The van der Waals surface area contributed by atoms with Crippen LogP contribution in [-0.4, -0.2) is 14.6 Å². The summed E-state index contributed by atoms with van der Waals surface area (Å²) in [5, 5.41) is 7.74. The minimum Gasteiger partial charge on any atom is -0.308 e. The van der Waals surface area contributed by atoms with Gasteiger partial charge in [-0.05, 0) is 30.7 Å². The molecule has 0 aliphatic carbocycles. The van der Waals surface area contributed by atoms with Crippen molar-refractivity contribution in [2.75, 3.05) is 0 Å². The van der Waals surface area contributed by atoms with Crippen molar-refractivity contribution >= 4 is 5.52 Å². The zero-order chi connectivity index (χ0) is 13.1. The van der Waals surface area contributed by atoms with Crippen LogP contribution in [0.4, 0.5) is 0 Å². The lowest BCUT2D eigenvalue weighted by Crippen LogP contribution is -2.12. The Bertz CT molecular complexity index is 670. The van der Waals surface area contributed by atoms with E-state index in [4.69, 9.17) is 0 Å². The second-order valence-corrected chi connectivity index (χ2v) is 4.61. The summed E-state index contributed by atoms with van der Waals surface area (Å²) in [5.74, 6) is 0. The van der Waals surface area contributed by atoms with E-state index in [0.29, 0.717) is 0 Å². The second-order valence-electron chi connectivity index (χ2n) is 4.61. The molecule has 96 valence electrons. The van der Waals surface area contributed by atoms with E-state index in [2.05, 4.69) is 27.5 Å². The molecule has 3 aromatic heterocycles. The van der Waals surface area contributed by atoms with Crippen LogP contribution in [0.5, 0.6) is 0 Å². The highest BCUT2D eigenvalue weighted by atomic mass is 15.2. The number of pyridine rings is 2. The third-order valence-corrected chi connectivity index (χ3v) is 3.12. The number of hydrogen-bond donors (Lipinski definition) is 1. The largest absolute Gasteiger partial charge is 0.308 e. The third-order valence-electron chi connectivity index (χ3n) is 3.12. The van der Waals surface area contributed by atoms with Crippen LogP contribution in [0.2, 0.25) is 0 Å². The van der Waals surface area contributed by atoms with Crippen molar-refractivity contribution in [2.45, 2.75) is 20.0 Å². The molecule has 0 bridgehead atoms. The first-order chi connectivity index (χ1) is 9.33. The van der Waals surface area contributed by atoms with E-state index < -0.39 is 0 Å². The zero-order valence-electron chi connectivity index (χ0n) is 10.9. The summed E-state index contributed by atoms with van der Waals surface area (Å²) in [6.07, 6.45) is 5.79. The van der Waals surface area contributed by atoms with E-state index in [1.54, 1.807) is 0 Å². The van der Waals surface area contributed by atoms with Crippen LogP contribution >= 0.6 is 0 Å². The first-order valence-electron chi connectivity index (χ1n) is 6.36. The van der Waals surface area contributed by atoms with E-state index in [1.807, 2.05) is 48.2 Å². The molecule has 0 unspecified atom stereocenters. The molecule has 3 rings (SSSR count). The highest BCUT2D eigenvalue weighted by Gasteiger charge is 2.02. The number of rotatable bonds is 4. The van der Waals surface area contributed by atoms with Crippen molar-refractivity contribution in [3.05, 3.63) is 65.7 Å². The van der Waals surface area contributed by atoms with Crippen LogP contribution < -0.4 is 5.32 Å². The average molecular weight is 252 g/mol. The molecule has 4 nitrogen and oxygen atoms in total. The van der Waals surface area contributed by atoms with Gasteiger partial charge in [0.15, 0.2) is 0 Å². The number of aryl methyl sites for hydroxylation is 1. The topological polar surface area (TPSA) is 42.2 Å². The predicted molar refractivity (Wildman–Crippen MR) is 74.7 cm³/mol. The van der Waals surface area contributed by atoms with Gasteiger partial charge in [-0.1, -0.05) is 12.1 Å². The van der Waals surface area contributed by atoms with E-state index in [-0.39, 0.29) is 0 Å². The lowest BCUT2D eigenvalue weighted by atomic mass is 10.2. The van der Waals surface area contributed by atoms with E-state index in [0.717, 1.165) is 24.3 Å². The van der Waals surface area contributed by atoms with Gasteiger partial charge in [0, 0.05) is 36.7 Å². The molecule has 0 aliphatic heterocycles. The quantitative estimate of drug-likeness (QED) is 0.775. The van der Waals surface area contributed by atoms with Gasteiger partial charge >= 0.3 is 0 Å². The Labute approximate surface area is 112 Å². The van der Waals surface area contributed by atoms with Crippen molar-refractivity contribution in [1.82, 2.24) is 19.9 Å². The third kappa shape index (κ3) is 2.63. The van der Waals surface area contributed by atoms with E-state index >= 15 is 0 Å². The zero-order valence-corrected chi connectivity index (χ0v) is 10.9. The fourth-order valence-electron chi connectivity index (χ4n) is 2.07. The average Bonchev–Trinajstić information content (AvgIpc) is 2.85. The first-order valence-corrected chi connectivity index (χ1v) is 6.36. The molecular weight excluding hydrogens is 236 g/mol. The number of aromatic nitrogens is 3. The molecule has 0 saturated heterocycles. The number of fused-ring (bicyclic) bond motifs is 1. The van der Waals surface area contributed by atoms with Gasteiger partial charge in [0.05, 0.1) is 11.7 Å². The van der Waals surface area contributed by atoms with Gasteiger partial charge < -0.3 is 5.32 Å². The van der Waals surface area contributed by atoms with Crippen molar-refractivity contribution in [2.24, 2.45) is 0 Å². The monoisotopic (exact) mass is 252 g/mol. The fraction of sp³-hybridized carbons (Fsp3) is 0.200. The van der Waals surface area contributed by atoms with Crippen LogP contribution in [0.3, 0.4) is 0 Å². The van der Waals surface area contributed by atoms with Gasteiger partial charge in [0.1, 0.15) is 0 Å². The summed E-state index contributed by atoms with van der Waals surface area (Å²) in [7, 11) is 0. The lowest BCUT2D eigenvalue weighted by molar-refractivity contribution is 0.694. The summed E-state index contributed by atoms with van der Waals surface area (Å²) in [4.78, 5) is 4.29. The Morgan fingerprint density at radius 2 is 2.05 bits per heavy atom. The van der Waals surface area contributed by atoms with Crippen LogP contribution in [0, 0.1) is 6.92 Å². The summed E-state index contributed by atoms with van der Waals surface area (Å²) in [6, 6.07) is 10.2. The highest BCUT2D eigenvalue weighted by Crippen LogP contribution is 2.09. The number of nitrogens with zero attached hydrogens (tertiary/aromatic N) is 3. The normalized spacial score (nSPS) is 11.0. The Morgan fingerprint density at radius 3 is 2.89 bits per heavy atom. The van der Waals surface area contributed by atoms with Crippen LogP contribution in [0.25, 0.3) is 5.52 Å². The Balaban J connectivity index is 1.65. The van der Waals surface area contributed by atoms with Crippen molar-refractivity contribution < 1.29 is 0 Å². The lowest BCUT2D eigenvalue weighted by Gasteiger charge is -2.04. The highest BCUT2D eigenvalue weighted by molar-refractivity contribution is 5.53. The van der Waals surface area contributed by atoms with Crippen LogP contribution in [0.15, 0.2) is 48.9 Å². The molecule has 0 radical (unpaired) electrons. The van der Waals surface area contributed by atoms with Gasteiger partial charge in [-0.25, -0.2) is 4.52 Å². The minimum absolute atomic E-state index is 0.807. The Hall–Kier alpha value is -2.20. The van der Waals surface area contributed by atoms with Gasteiger partial charge in [-0.3, -0.25) is 4.98 Å². The standard InChI is InChI=1S/C15H16N4/c1-12-5-6-13(9-17-12)8-16-10-14-11-18-19-7-3-2-4-15(14)19/h2-7,9,11,16H,8,10H2,1H3. The molecular formula is C15H16N4. The Morgan fingerprint density at radius 1 is 1.11 bits per heavy atom. The molecule has 4 heteroatoms. The van der Waals surface area contributed by atoms with Gasteiger partial charge in [0.25, 0.3) is 0 Å². The van der Waals surface area contributed by atoms with E-state index in [1.165, 1.54) is 11.1 Å².